The number of hydrogen-bond acceptors (Lipinski definition) is 8. The Morgan fingerprint density at radius 3 is 2.66 bits per heavy atom. The Bertz CT molecular complexity index is 1280. The summed E-state index contributed by atoms with van der Waals surface area (Å²) in [5.41, 5.74) is 1.28. The van der Waals surface area contributed by atoms with Crippen molar-refractivity contribution in [1.29, 1.82) is 0 Å². The molecule has 0 radical (unpaired) electrons. The number of benzene rings is 2. The van der Waals surface area contributed by atoms with Crippen LogP contribution in [0.1, 0.15) is 25.7 Å². The number of halogens is 2. The van der Waals surface area contributed by atoms with Crippen LogP contribution in [-0.4, -0.2) is 72.9 Å². The van der Waals surface area contributed by atoms with Crippen molar-refractivity contribution >= 4 is 39.9 Å². The van der Waals surface area contributed by atoms with Crippen LogP contribution in [0.2, 0.25) is 5.02 Å². The van der Waals surface area contributed by atoms with E-state index in [4.69, 9.17) is 25.8 Å². The fourth-order valence-corrected chi connectivity index (χ4v) is 5.03. The molecule has 1 saturated carbocycles. The number of morpholine rings is 1. The molecule has 2 aliphatic rings. The highest BCUT2D eigenvalue weighted by Crippen LogP contribution is 2.37. The summed E-state index contributed by atoms with van der Waals surface area (Å²) >= 11 is 5.94. The Kier molecular flexibility index (Phi) is 8.41. The standard InChI is InChI=1S/C27H31ClFN5O4/c1-36-24-14-23-20(27(32-16-31-23)33-18-4-7-22(29)21(28)12-18)13-25(24)38-19-5-2-17(3-6-19)30-15-26(35)34-8-10-37-11-9-34/h4,7,12-14,16-17,19,30H,2-3,5-6,8-11,15H2,1H3,(H,31,32,33). The molecule has 2 fully saturated rings. The van der Waals surface area contributed by atoms with E-state index in [0.29, 0.717) is 61.4 Å². The van der Waals surface area contributed by atoms with Crippen LogP contribution in [0.3, 0.4) is 0 Å². The van der Waals surface area contributed by atoms with E-state index in [1.807, 2.05) is 17.0 Å². The normalized spacial score (nSPS) is 19.8. The Balaban J connectivity index is 1.23. The lowest BCUT2D eigenvalue weighted by Crippen LogP contribution is -2.47. The summed E-state index contributed by atoms with van der Waals surface area (Å²) in [5.74, 6) is 1.38. The molecule has 1 aromatic heterocycles. The Morgan fingerprint density at radius 2 is 1.92 bits per heavy atom. The Morgan fingerprint density at radius 1 is 1.13 bits per heavy atom. The molecule has 9 nitrogen and oxygen atoms in total. The minimum absolute atomic E-state index is 0.0197. The Hall–Kier alpha value is -3.21. The van der Waals surface area contributed by atoms with Crippen molar-refractivity contribution in [3.63, 3.8) is 0 Å². The van der Waals surface area contributed by atoms with Gasteiger partial charge < -0.3 is 29.7 Å². The number of ether oxygens (including phenoxy) is 3. The van der Waals surface area contributed by atoms with Gasteiger partial charge in [0.05, 0.1) is 43.5 Å². The van der Waals surface area contributed by atoms with Crippen LogP contribution in [-0.2, 0) is 9.53 Å². The number of carbonyl (C=O) groups excluding carboxylic acids is 1. The molecule has 0 bridgehead atoms. The maximum atomic E-state index is 13.6. The molecule has 0 spiro atoms. The minimum atomic E-state index is -0.487. The zero-order valence-corrected chi connectivity index (χ0v) is 22.0. The molecule has 2 aromatic carbocycles. The molecule has 1 amide bonds. The van der Waals surface area contributed by atoms with Gasteiger partial charge in [-0.2, -0.15) is 0 Å². The van der Waals surface area contributed by atoms with E-state index in [1.54, 1.807) is 13.2 Å². The van der Waals surface area contributed by atoms with Crippen molar-refractivity contribution in [3.8, 4) is 11.5 Å². The molecular formula is C27H31ClFN5O4. The van der Waals surface area contributed by atoms with Gasteiger partial charge in [-0.05, 0) is 49.9 Å². The van der Waals surface area contributed by atoms with Crippen LogP contribution in [0.5, 0.6) is 11.5 Å². The van der Waals surface area contributed by atoms with Gasteiger partial charge in [-0.15, -0.1) is 0 Å². The van der Waals surface area contributed by atoms with Gasteiger partial charge >= 0.3 is 0 Å². The molecule has 5 rings (SSSR count). The number of anilines is 2. The number of hydrogen-bond donors (Lipinski definition) is 2. The third kappa shape index (κ3) is 6.25. The van der Waals surface area contributed by atoms with Crippen molar-refractivity contribution < 1.29 is 23.4 Å². The average Bonchev–Trinajstić information content (AvgIpc) is 2.95. The summed E-state index contributed by atoms with van der Waals surface area (Å²) in [7, 11) is 1.60. The molecule has 0 unspecified atom stereocenters. The molecule has 1 aliphatic heterocycles. The third-order valence-electron chi connectivity index (χ3n) is 6.98. The van der Waals surface area contributed by atoms with E-state index in [0.717, 1.165) is 31.1 Å². The molecule has 11 heteroatoms. The number of nitrogens with one attached hydrogen (secondary N) is 2. The van der Waals surface area contributed by atoms with Crippen LogP contribution >= 0.6 is 11.6 Å². The first-order chi connectivity index (χ1) is 18.5. The Labute approximate surface area is 225 Å². The quantitative estimate of drug-likeness (QED) is 0.434. The molecule has 2 N–H and O–H groups in total. The summed E-state index contributed by atoms with van der Waals surface area (Å²) in [6.07, 6.45) is 5.01. The van der Waals surface area contributed by atoms with Gasteiger partial charge in [-0.3, -0.25) is 4.79 Å². The van der Waals surface area contributed by atoms with Crippen LogP contribution in [0.4, 0.5) is 15.9 Å². The number of nitrogens with zero attached hydrogens (tertiary/aromatic N) is 3. The summed E-state index contributed by atoms with van der Waals surface area (Å²) in [6, 6.07) is 8.37. The van der Waals surface area contributed by atoms with Crippen LogP contribution in [0.25, 0.3) is 10.9 Å². The van der Waals surface area contributed by atoms with Gasteiger partial charge in [0.25, 0.3) is 0 Å². The van der Waals surface area contributed by atoms with Gasteiger partial charge in [0.2, 0.25) is 5.91 Å². The van der Waals surface area contributed by atoms with Crippen molar-refractivity contribution in [2.45, 2.75) is 37.8 Å². The van der Waals surface area contributed by atoms with Crippen LogP contribution < -0.4 is 20.1 Å². The van der Waals surface area contributed by atoms with E-state index in [2.05, 4.69) is 20.6 Å². The second-order valence-corrected chi connectivity index (χ2v) is 9.87. The smallest absolute Gasteiger partial charge is 0.236 e. The molecule has 38 heavy (non-hydrogen) atoms. The topological polar surface area (TPSA) is 97.8 Å². The van der Waals surface area contributed by atoms with Crippen molar-refractivity contribution in [3.05, 3.63) is 47.5 Å². The van der Waals surface area contributed by atoms with Crippen molar-refractivity contribution in [1.82, 2.24) is 20.2 Å². The molecule has 3 aromatic rings. The molecule has 1 aliphatic carbocycles. The van der Waals surface area contributed by atoms with Gasteiger partial charge in [0.15, 0.2) is 11.5 Å². The highest BCUT2D eigenvalue weighted by molar-refractivity contribution is 6.31. The second kappa shape index (κ2) is 12.1. The predicted molar refractivity (Wildman–Crippen MR) is 143 cm³/mol. The first kappa shape index (κ1) is 26.4. The largest absolute Gasteiger partial charge is 0.493 e. The van der Waals surface area contributed by atoms with Crippen molar-refractivity contribution in [2.75, 3.05) is 45.3 Å². The van der Waals surface area contributed by atoms with E-state index in [9.17, 15) is 9.18 Å². The number of methoxy groups -OCH3 is 1. The van der Waals surface area contributed by atoms with Crippen LogP contribution in [0.15, 0.2) is 36.7 Å². The van der Waals surface area contributed by atoms with Gasteiger partial charge in [0.1, 0.15) is 18.0 Å². The lowest BCUT2D eigenvalue weighted by atomic mass is 9.93. The first-order valence-electron chi connectivity index (χ1n) is 12.8. The summed E-state index contributed by atoms with van der Waals surface area (Å²) in [6.45, 7) is 2.89. The van der Waals surface area contributed by atoms with Gasteiger partial charge in [-0.25, -0.2) is 14.4 Å². The SMILES string of the molecule is COc1cc2ncnc(Nc3ccc(F)c(Cl)c3)c2cc1OC1CCC(NCC(=O)N2CCOCC2)CC1. The molecular weight excluding hydrogens is 513 g/mol. The van der Waals surface area contributed by atoms with E-state index >= 15 is 0 Å². The molecule has 0 atom stereocenters. The van der Waals surface area contributed by atoms with Gasteiger partial charge in [-0.1, -0.05) is 11.6 Å². The second-order valence-electron chi connectivity index (χ2n) is 9.46. The zero-order chi connectivity index (χ0) is 26.5. The van der Waals surface area contributed by atoms with Crippen LogP contribution in [0, 0.1) is 5.82 Å². The molecule has 1 saturated heterocycles. The lowest BCUT2D eigenvalue weighted by Gasteiger charge is -2.31. The maximum Gasteiger partial charge on any atom is 0.236 e. The monoisotopic (exact) mass is 543 g/mol. The molecule has 2 heterocycles. The summed E-state index contributed by atoms with van der Waals surface area (Å²) < 4.78 is 30.9. The number of carbonyl (C=O) groups is 1. The number of fused-ring (bicyclic) bond motifs is 1. The summed E-state index contributed by atoms with van der Waals surface area (Å²) in [5, 5.41) is 7.37. The van der Waals surface area contributed by atoms with E-state index in [-0.39, 0.29) is 23.1 Å². The fraction of sp³-hybridized carbons (Fsp3) is 0.444. The van der Waals surface area contributed by atoms with Crippen molar-refractivity contribution in [2.24, 2.45) is 0 Å². The lowest BCUT2D eigenvalue weighted by molar-refractivity contribution is -0.134. The first-order valence-corrected chi connectivity index (χ1v) is 13.2. The van der Waals surface area contributed by atoms with E-state index < -0.39 is 5.82 Å². The van der Waals surface area contributed by atoms with Gasteiger partial charge in [0, 0.05) is 36.3 Å². The highest BCUT2D eigenvalue weighted by atomic mass is 35.5. The van der Waals surface area contributed by atoms with E-state index in [1.165, 1.54) is 18.5 Å². The highest BCUT2D eigenvalue weighted by Gasteiger charge is 2.25. The minimum Gasteiger partial charge on any atom is -0.493 e. The predicted octanol–water partition coefficient (Wildman–Crippen LogP) is 4.31. The summed E-state index contributed by atoms with van der Waals surface area (Å²) in [4.78, 5) is 23.0. The average molecular weight is 544 g/mol. The number of aromatic nitrogens is 2. The maximum absolute atomic E-state index is 13.6. The third-order valence-corrected chi connectivity index (χ3v) is 7.27. The number of amides is 1. The molecule has 202 valence electrons. The zero-order valence-electron chi connectivity index (χ0n) is 21.2. The fourth-order valence-electron chi connectivity index (χ4n) is 4.85. The number of rotatable bonds is 8.